The maximum absolute atomic E-state index is 11.8. The third kappa shape index (κ3) is 6.19. The molecule has 0 aliphatic carbocycles. The first-order chi connectivity index (χ1) is 9.38. The Bertz CT molecular complexity index is 459. The van der Waals surface area contributed by atoms with Crippen LogP contribution in [0.25, 0.3) is 0 Å². The number of hydrogen-bond donors (Lipinski definition) is 2. The van der Waals surface area contributed by atoms with Crippen LogP contribution in [0.5, 0.6) is 0 Å². The van der Waals surface area contributed by atoms with Crippen molar-refractivity contribution < 1.29 is 9.59 Å². The molecule has 0 aliphatic rings. The van der Waals surface area contributed by atoms with Gasteiger partial charge in [0, 0.05) is 22.9 Å². The molecular formula is C15H21BrN2O2. The SMILES string of the molecule is C[C@H](CCc1ccc(Br)cc1)NC(=O)[C@@H](C)CC(N)=O. The van der Waals surface area contributed by atoms with Crippen molar-refractivity contribution in [2.45, 2.75) is 39.2 Å². The molecule has 0 spiro atoms. The van der Waals surface area contributed by atoms with Crippen LogP contribution in [0.15, 0.2) is 28.7 Å². The van der Waals surface area contributed by atoms with E-state index in [0.29, 0.717) is 0 Å². The summed E-state index contributed by atoms with van der Waals surface area (Å²) in [6.45, 7) is 3.68. The minimum Gasteiger partial charge on any atom is -0.370 e. The van der Waals surface area contributed by atoms with Crippen molar-refractivity contribution in [3.05, 3.63) is 34.3 Å². The van der Waals surface area contributed by atoms with Crippen LogP contribution in [-0.2, 0) is 16.0 Å². The minimum atomic E-state index is -0.449. The highest BCUT2D eigenvalue weighted by molar-refractivity contribution is 9.10. The Hall–Kier alpha value is -1.36. The number of primary amides is 1. The average molecular weight is 341 g/mol. The van der Waals surface area contributed by atoms with Crippen molar-refractivity contribution in [3.8, 4) is 0 Å². The van der Waals surface area contributed by atoms with Gasteiger partial charge in [0.25, 0.3) is 0 Å². The van der Waals surface area contributed by atoms with Crippen LogP contribution in [0.4, 0.5) is 0 Å². The van der Waals surface area contributed by atoms with Crippen molar-refractivity contribution in [1.82, 2.24) is 5.32 Å². The number of halogens is 1. The van der Waals surface area contributed by atoms with E-state index in [9.17, 15) is 9.59 Å². The Labute approximate surface area is 128 Å². The fourth-order valence-corrected chi connectivity index (χ4v) is 2.15. The summed E-state index contributed by atoms with van der Waals surface area (Å²) in [5.41, 5.74) is 6.32. The lowest BCUT2D eigenvalue weighted by molar-refractivity contribution is -0.129. The number of carbonyl (C=O) groups is 2. The molecule has 0 aromatic heterocycles. The van der Waals surface area contributed by atoms with Gasteiger partial charge in [0.05, 0.1) is 0 Å². The first-order valence-corrected chi connectivity index (χ1v) is 7.51. The van der Waals surface area contributed by atoms with Gasteiger partial charge in [0.2, 0.25) is 11.8 Å². The molecule has 1 aromatic carbocycles. The Kier molecular flexibility index (Phi) is 6.71. The Morgan fingerprint density at radius 1 is 1.25 bits per heavy atom. The zero-order chi connectivity index (χ0) is 15.1. The molecule has 1 aromatic rings. The smallest absolute Gasteiger partial charge is 0.223 e. The third-order valence-corrected chi connectivity index (χ3v) is 3.65. The summed E-state index contributed by atoms with van der Waals surface area (Å²) in [7, 11) is 0. The van der Waals surface area contributed by atoms with Crippen LogP contribution in [-0.4, -0.2) is 17.9 Å². The number of nitrogens with one attached hydrogen (secondary N) is 1. The monoisotopic (exact) mass is 340 g/mol. The molecule has 0 radical (unpaired) electrons. The highest BCUT2D eigenvalue weighted by atomic mass is 79.9. The second-order valence-electron chi connectivity index (χ2n) is 5.15. The van der Waals surface area contributed by atoms with E-state index in [1.165, 1.54) is 5.56 Å². The van der Waals surface area contributed by atoms with Crippen molar-refractivity contribution in [1.29, 1.82) is 0 Å². The van der Waals surface area contributed by atoms with E-state index in [1.807, 2.05) is 19.1 Å². The van der Waals surface area contributed by atoms with Gasteiger partial charge in [-0.05, 0) is 37.5 Å². The number of benzene rings is 1. The summed E-state index contributed by atoms with van der Waals surface area (Å²) in [5, 5.41) is 2.91. The van der Waals surface area contributed by atoms with Crippen molar-refractivity contribution in [2.75, 3.05) is 0 Å². The largest absolute Gasteiger partial charge is 0.370 e. The molecule has 4 nitrogen and oxygen atoms in total. The summed E-state index contributed by atoms with van der Waals surface area (Å²) in [4.78, 5) is 22.6. The molecule has 0 unspecified atom stereocenters. The molecule has 5 heteroatoms. The number of nitrogens with two attached hydrogens (primary N) is 1. The molecule has 2 atom stereocenters. The maximum atomic E-state index is 11.8. The van der Waals surface area contributed by atoms with Crippen LogP contribution in [0.1, 0.15) is 32.3 Å². The predicted molar refractivity (Wildman–Crippen MR) is 83.0 cm³/mol. The van der Waals surface area contributed by atoms with Gasteiger partial charge in [-0.3, -0.25) is 9.59 Å². The quantitative estimate of drug-likeness (QED) is 0.799. The second kappa shape index (κ2) is 8.04. The molecule has 2 amide bonds. The van der Waals surface area contributed by atoms with Gasteiger partial charge in [-0.25, -0.2) is 0 Å². The van der Waals surface area contributed by atoms with Gasteiger partial charge >= 0.3 is 0 Å². The predicted octanol–water partition coefficient (Wildman–Crippen LogP) is 2.40. The molecule has 0 heterocycles. The summed E-state index contributed by atoms with van der Waals surface area (Å²) in [6, 6.07) is 8.21. The number of carbonyl (C=O) groups excluding carboxylic acids is 2. The minimum absolute atomic E-state index is 0.0708. The fourth-order valence-electron chi connectivity index (χ4n) is 1.89. The normalized spacial score (nSPS) is 13.6. The van der Waals surface area contributed by atoms with Crippen LogP contribution >= 0.6 is 15.9 Å². The van der Waals surface area contributed by atoms with E-state index in [1.54, 1.807) is 6.92 Å². The van der Waals surface area contributed by atoms with E-state index in [-0.39, 0.29) is 24.3 Å². The third-order valence-electron chi connectivity index (χ3n) is 3.12. The lowest BCUT2D eigenvalue weighted by Crippen LogP contribution is -2.37. The van der Waals surface area contributed by atoms with Crippen LogP contribution in [0.2, 0.25) is 0 Å². The van der Waals surface area contributed by atoms with E-state index in [2.05, 4.69) is 33.4 Å². The van der Waals surface area contributed by atoms with Gasteiger partial charge in [0.1, 0.15) is 0 Å². The average Bonchev–Trinajstić information content (AvgIpc) is 2.37. The van der Waals surface area contributed by atoms with Gasteiger partial charge in [-0.2, -0.15) is 0 Å². The summed E-state index contributed by atoms with van der Waals surface area (Å²) >= 11 is 3.40. The highest BCUT2D eigenvalue weighted by Crippen LogP contribution is 2.12. The number of aryl methyl sites for hydroxylation is 1. The van der Waals surface area contributed by atoms with Gasteiger partial charge in [-0.1, -0.05) is 35.0 Å². The van der Waals surface area contributed by atoms with Crippen LogP contribution in [0, 0.1) is 5.92 Å². The lowest BCUT2D eigenvalue weighted by Gasteiger charge is -2.17. The Balaban J connectivity index is 2.36. The topological polar surface area (TPSA) is 72.2 Å². The molecule has 3 N–H and O–H groups in total. The zero-order valence-electron chi connectivity index (χ0n) is 11.9. The summed E-state index contributed by atoms with van der Waals surface area (Å²) < 4.78 is 1.06. The van der Waals surface area contributed by atoms with Crippen LogP contribution in [0.3, 0.4) is 0 Å². The van der Waals surface area contributed by atoms with E-state index in [4.69, 9.17) is 5.73 Å². The molecular weight excluding hydrogens is 320 g/mol. The molecule has 110 valence electrons. The first-order valence-electron chi connectivity index (χ1n) is 6.71. The van der Waals surface area contributed by atoms with E-state index < -0.39 is 5.91 Å². The number of rotatable bonds is 7. The van der Waals surface area contributed by atoms with Gasteiger partial charge in [0.15, 0.2) is 0 Å². The van der Waals surface area contributed by atoms with Crippen molar-refractivity contribution >= 4 is 27.7 Å². The van der Waals surface area contributed by atoms with E-state index >= 15 is 0 Å². The molecule has 20 heavy (non-hydrogen) atoms. The van der Waals surface area contributed by atoms with Gasteiger partial charge in [-0.15, -0.1) is 0 Å². The van der Waals surface area contributed by atoms with Gasteiger partial charge < -0.3 is 11.1 Å². The molecule has 0 fully saturated rings. The molecule has 0 aliphatic heterocycles. The molecule has 1 rings (SSSR count). The van der Waals surface area contributed by atoms with E-state index in [0.717, 1.165) is 17.3 Å². The number of hydrogen-bond acceptors (Lipinski definition) is 2. The molecule has 0 saturated carbocycles. The molecule has 0 bridgehead atoms. The first kappa shape index (κ1) is 16.7. The second-order valence-corrected chi connectivity index (χ2v) is 6.06. The van der Waals surface area contributed by atoms with Crippen molar-refractivity contribution in [3.63, 3.8) is 0 Å². The zero-order valence-corrected chi connectivity index (χ0v) is 13.4. The molecule has 0 saturated heterocycles. The van der Waals surface area contributed by atoms with Crippen molar-refractivity contribution in [2.24, 2.45) is 11.7 Å². The summed E-state index contributed by atoms with van der Waals surface area (Å²) in [5.74, 6) is -0.940. The fraction of sp³-hybridized carbons (Fsp3) is 0.467. The lowest BCUT2D eigenvalue weighted by atomic mass is 10.0. The standard InChI is InChI=1S/C15H21BrN2O2/c1-10(9-14(17)19)15(20)18-11(2)3-4-12-5-7-13(16)8-6-12/h5-8,10-11H,3-4,9H2,1-2H3,(H2,17,19)(H,18,20)/t10-,11+/m0/s1. The number of amides is 2. The Morgan fingerprint density at radius 2 is 1.85 bits per heavy atom. The highest BCUT2D eigenvalue weighted by Gasteiger charge is 2.17. The Morgan fingerprint density at radius 3 is 2.40 bits per heavy atom. The maximum Gasteiger partial charge on any atom is 0.223 e. The van der Waals surface area contributed by atoms with Crippen LogP contribution < -0.4 is 11.1 Å². The summed E-state index contributed by atoms with van der Waals surface area (Å²) in [6.07, 6.45) is 1.85.